The first-order valence-electron chi connectivity index (χ1n) is 13.0. The van der Waals surface area contributed by atoms with E-state index in [-0.39, 0.29) is 5.92 Å². The summed E-state index contributed by atoms with van der Waals surface area (Å²) in [7, 11) is 0. The molecule has 0 saturated carbocycles. The molecule has 0 spiro atoms. The number of hydrogen-bond acceptors (Lipinski definition) is 2. The Balaban J connectivity index is 0.00000135. The Kier molecular flexibility index (Phi) is 15.7. The van der Waals surface area contributed by atoms with E-state index >= 15 is 0 Å². The fourth-order valence-electron chi connectivity index (χ4n) is 3.44. The Morgan fingerprint density at radius 3 is 2.05 bits per heavy atom. The number of carbonyl (C=O) groups excluding carboxylic acids is 1. The lowest BCUT2D eigenvalue weighted by atomic mass is 10.0. The first kappa shape index (κ1) is 32.9. The summed E-state index contributed by atoms with van der Waals surface area (Å²) in [4.78, 5) is 13.7. The van der Waals surface area contributed by atoms with E-state index in [1.807, 2.05) is 44.2 Å². The number of amidine groups is 1. The second-order valence-corrected chi connectivity index (χ2v) is 9.30. The van der Waals surface area contributed by atoms with Gasteiger partial charge in [0.15, 0.2) is 0 Å². The number of nitrogens with one attached hydrogen (secondary N) is 1. The van der Waals surface area contributed by atoms with Crippen LogP contribution < -0.4 is 5.32 Å². The molecule has 0 aliphatic heterocycles. The predicted molar refractivity (Wildman–Crippen MR) is 169 cm³/mol. The predicted octanol–water partition coefficient (Wildman–Crippen LogP) is 10.1. The van der Waals surface area contributed by atoms with Gasteiger partial charge in [0.1, 0.15) is 12.1 Å². The zero-order chi connectivity index (χ0) is 28.5. The van der Waals surface area contributed by atoms with Crippen molar-refractivity contribution < 1.29 is 4.79 Å². The number of carbonyl (C=O) groups is 1. The third-order valence-electron chi connectivity index (χ3n) is 5.34. The molecule has 0 atom stereocenters. The third-order valence-corrected chi connectivity index (χ3v) is 5.94. The molecule has 0 aromatic heterocycles. The monoisotopic (exact) mass is 550 g/mol. The van der Waals surface area contributed by atoms with E-state index in [0.717, 1.165) is 46.9 Å². The molecule has 38 heavy (non-hydrogen) atoms. The molecule has 1 N–H and O–H groups in total. The van der Waals surface area contributed by atoms with Crippen LogP contribution in [0.4, 0.5) is 5.69 Å². The first-order chi connectivity index (χ1) is 18.3. The molecule has 0 aliphatic rings. The van der Waals surface area contributed by atoms with Crippen LogP contribution in [0, 0.1) is 5.92 Å². The molecule has 0 radical (unpaired) electrons. The molecule has 202 valence electrons. The highest BCUT2D eigenvalue weighted by Crippen LogP contribution is 2.23. The van der Waals surface area contributed by atoms with Crippen LogP contribution >= 0.6 is 23.2 Å². The van der Waals surface area contributed by atoms with Gasteiger partial charge in [-0.25, -0.2) is 4.99 Å². The van der Waals surface area contributed by atoms with Crippen molar-refractivity contribution in [2.24, 2.45) is 10.9 Å². The molecular formula is C33H40Cl2N2O. The summed E-state index contributed by atoms with van der Waals surface area (Å²) in [6.07, 6.45) is 6.20. The molecule has 3 nitrogen and oxygen atoms in total. The van der Waals surface area contributed by atoms with Crippen molar-refractivity contribution in [3.05, 3.63) is 118 Å². The second-order valence-electron chi connectivity index (χ2n) is 8.46. The van der Waals surface area contributed by atoms with Gasteiger partial charge in [0.05, 0.1) is 5.70 Å². The highest BCUT2D eigenvalue weighted by molar-refractivity contribution is 6.31. The molecule has 0 saturated heterocycles. The zero-order valence-electron chi connectivity index (χ0n) is 23.4. The van der Waals surface area contributed by atoms with Crippen molar-refractivity contribution in [1.29, 1.82) is 0 Å². The van der Waals surface area contributed by atoms with Crippen LogP contribution in [0.25, 0.3) is 5.70 Å². The summed E-state index contributed by atoms with van der Waals surface area (Å²) < 4.78 is 0. The van der Waals surface area contributed by atoms with E-state index in [2.05, 4.69) is 75.1 Å². The van der Waals surface area contributed by atoms with Crippen molar-refractivity contribution in [3.63, 3.8) is 0 Å². The van der Waals surface area contributed by atoms with Crippen LogP contribution in [0.15, 0.2) is 90.5 Å². The molecule has 3 rings (SSSR count). The first-order valence-corrected chi connectivity index (χ1v) is 13.8. The largest absolute Gasteiger partial charge is 0.344 e. The zero-order valence-corrected chi connectivity index (χ0v) is 24.9. The number of aliphatic imine (C=N–C) groups is 1. The molecule has 0 unspecified atom stereocenters. The van der Waals surface area contributed by atoms with Crippen molar-refractivity contribution in [2.75, 3.05) is 5.32 Å². The summed E-state index contributed by atoms with van der Waals surface area (Å²) >= 11 is 12.4. The molecule has 0 fully saturated rings. The number of hydrogen-bond donors (Lipinski definition) is 1. The topological polar surface area (TPSA) is 41.5 Å². The number of halogens is 2. The van der Waals surface area contributed by atoms with Crippen LogP contribution in [0.3, 0.4) is 0 Å². The summed E-state index contributed by atoms with van der Waals surface area (Å²) in [5.41, 5.74) is 6.45. The Hall–Kier alpha value is -3.14. The van der Waals surface area contributed by atoms with Crippen molar-refractivity contribution in [2.45, 2.75) is 54.4 Å². The fourth-order valence-corrected chi connectivity index (χ4v) is 3.90. The lowest BCUT2D eigenvalue weighted by molar-refractivity contribution is -0.106. The van der Waals surface area contributed by atoms with E-state index in [1.54, 1.807) is 6.08 Å². The highest BCUT2D eigenvalue weighted by atomic mass is 35.5. The van der Waals surface area contributed by atoms with Gasteiger partial charge in [-0.15, -0.1) is 0 Å². The van der Waals surface area contributed by atoms with E-state index in [4.69, 9.17) is 33.0 Å². The van der Waals surface area contributed by atoms with Gasteiger partial charge in [0.2, 0.25) is 0 Å². The van der Waals surface area contributed by atoms with Crippen molar-refractivity contribution in [1.82, 2.24) is 0 Å². The van der Waals surface area contributed by atoms with Crippen molar-refractivity contribution in [3.8, 4) is 0 Å². The molecule has 3 aromatic carbocycles. The molecule has 5 heteroatoms. The number of anilines is 1. The smallest absolute Gasteiger partial charge is 0.116 e. The van der Waals surface area contributed by atoms with Gasteiger partial charge in [-0.2, -0.15) is 0 Å². The normalized spacial score (nSPS) is 11.1. The summed E-state index contributed by atoms with van der Waals surface area (Å²) in [5, 5.41) is 5.03. The number of benzene rings is 3. The van der Waals surface area contributed by atoms with E-state index < -0.39 is 0 Å². The third kappa shape index (κ3) is 11.1. The Morgan fingerprint density at radius 2 is 1.55 bits per heavy atom. The SMILES string of the molecule is C=C/C=C(\N=C(Nc1ccc(Cc2ccc(CC)c(Cl)c2)cc1)C(C)C)c1ccc(Cl)cc1.CC.CC=O. The number of nitrogens with zero attached hydrogens (tertiary/aromatic N) is 1. The Labute approximate surface area is 239 Å². The fraction of sp³-hybridized carbons (Fsp3) is 0.273. The van der Waals surface area contributed by atoms with E-state index in [9.17, 15) is 0 Å². The van der Waals surface area contributed by atoms with Crippen LogP contribution in [0.2, 0.25) is 10.0 Å². The Morgan fingerprint density at radius 1 is 0.974 bits per heavy atom. The Bertz CT molecular complexity index is 1190. The van der Waals surface area contributed by atoms with Gasteiger partial charge in [-0.05, 0) is 72.9 Å². The number of aldehydes is 1. The lowest BCUT2D eigenvalue weighted by Crippen LogP contribution is -2.18. The quantitative estimate of drug-likeness (QED) is 0.131. The average molecular weight is 552 g/mol. The number of aryl methyl sites for hydroxylation is 1. The van der Waals surface area contributed by atoms with Crippen LogP contribution in [-0.4, -0.2) is 12.1 Å². The average Bonchev–Trinajstić information content (AvgIpc) is 2.91. The van der Waals surface area contributed by atoms with Gasteiger partial charge in [-0.3, -0.25) is 0 Å². The summed E-state index contributed by atoms with van der Waals surface area (Å²) in [6.45, 7) is 15.6. The maximum atomic E-state index is 8.81. The number of allylic oxidation sites excluding steroid dienone is 2. The van der Waals surface area contributed by atoms with Gasteiger partial charge in [-0.1, -0.05) is 107 Å². The minimum atomic E-state index is 0.212. The van der Waals surface area contributed by atoms with Crippen LogP contribution in [0.5, 0.6) is 0 Å². The number of rotatable bonds is 8. The van der Waals surface area contributed by atoms with Gasteiger partial charge in [0, 0.05) is 27.2 Å². The minimum Gasteiger partial charge on any atom is -0.344 e. The summed E-state index contributed by atoms with van der Waals surface area (Å²) in [6, 6.07) is 22.5. The second kappa shape index (κ2) is 18.2. The van der Waals surface area contributed by atoms with E-state index in [0.29, 0.717) is 5.02 Å². The standard InChI is InChI=1S/C29H30Cl2N2.C2H4O.C2H6/c1-5-7-28(24-12-14-25(30)15-13-24)33-29(20(3)4)32-26-16-9-21(10-17-26)18-22-8-11-23(6-2)27(31)19-22;1-2-3;1-2/h5,7-17,19-20H,1,6,18H2,2-4H3,(H,32,33);2H,1H3;1-2H3/b28-7-;;. The van der Waals surface area contributed by atoms with Crippen LogP contribution in [-0.2, 0) is 17.6 Å². The molecule has 0 heterocycles. The van der Waals surface area contributed by atoms with Crippen LogP contribution in [0.1, 0.15) is 63.8 Å². The minimum absolute atomic E-state index is 0.212. The van der Waals surface area contributed by atoms with Crippen molar-refractivity contribution >= 4 is 46.7 Å². The molecule has 0 bridgehead atoms. The maximum absolute atomic E-state index is 8.81. The lowest BCUT2D eigenvalue weighted by Gasteiger charge is -2.15. The molecule has 0 amide bonds. The highest BCUT2D eigenvalue weighted by Gasteiger charge is 2.09. The molecule has 0 aliphatic carbocycles. The van der Waals surface area contributed by atoms with Gasteiger partial charge < -0.3 is 10.1 Å². The summed E-state index contributed by atoms with van der Waals surface area (Å²) in [5.74, 6) is 1.09. The maximum Gasteiger partial charge on any atom is 0.116 e. The molecular weight excluding hydrogens is 511 g/mol. The van der Waals surface area contributed by atoms with Gasteiger partial charge >= 0.3 is 0 Å². The van der Waals surface area contributed by atoms with Gasteiger partial charge in [0.25, 0.3) is 0 Å². The molecule has 3 aromatic rings. The van der Waals surface area contributed by atoms with E-state index in [1.165, 1.54) is 23.6 Å².